The Hall–Kier alpha value is -0.0900. The number of thiol groups is 1. The third-order valence-electron chi connectivity index (χ3n) is 1.54. The van der Waals surface area contributed by atoms with Crippen LogP contribution in [-0.2, 0) is 0 Å². The summed E-state index contributed by atoms with van der Waals surface area (Å²) in [6, 6.07) is 4.95. The second-order valence-corrected chi connectivity index (χ2v) is 3.90. The topological polar surface area (TPSA) is 29.5 Å². The van der Waals surface area contributed by atoms with Crippen LogP contribution < -0.4 is 4.74 Å². The maximum Gasteiger partial charge on any atom is 0.121 e. The fourth-order valence-electron chi connectivity index (χ4n) is 0.812. The van der Waals surface area contributed by atoms with Crippen LogP contribution >= 0.6 is 35.8 Å². The van der Waals surface area contributed by atoms with Gasteiger partial charge in [0.15, 0.2) is 0 Å². The van der Waals surface area contributed by atoms with Crippen molar-refractivity contribution in [1.29, 1.82) is 0 Å². The van der Waals surface area contributed by atoms with E-state index in [0.29, 0.717) is 21.5 Å². The first-order valence-corrected chi connectivity index (χ1v) is 5.39. The molecule has 78 valence electrons. The van der Waals surface area contributed by atoms with Crippen LogP contribution in [0, 0.1) is 0 Å². The molecule has 0 amide bonds. The molecule has 1 aromatic carbocycles. The minimum Gasteiger partial charge on any atom is -0.491 e. The molecule has 1 N–H and O–H groups in total. The quantitative estimate of drug-likeness (QED) is 0.808. The Kier molecular flexibility index (Phi) is 4.89. The first kappa shape index (κ1) is 12.0. The largest absolute Gasteiger partial charge is 0.491 e. The normalized spacial score (nSPS) is 12.6. The first-order valence-electron chi connectivity index (χ1n) is 4.00. The zero-order chi connectivity index (χ0) is 10.6. The second-order valence-electron chi connectivity index (χ2n) is 2.72. The molecular formula is C9H10Cl2O2S. The van der Waals surface area contributed by atoms with Gasteiger partial charge in [-0.25, -0.2) is 0 Å². The summed E-state index contributed by atoms with van der Waals surface area (Å²) in [7, 11) is 0. The van der Waals surface area contributed by atoms with Crippen molar-refractivity contribution in [2.75, 3.05) is 12.4 Å². The van der Waals surface area contributed by atoms with Gasteiger partial charge in [-0.2, -0.15) is 12.6 Å². The van der Waals surface area contributed by atoms with E-state index in [1.807, 2.05) is 0 Å². The Morgan fingerprint density at radius 1 is 1.36 bits per heavy atom. The molecule has 0 bridgehead atoms. The molecule has 5 heteroatoms. The van der Waals surface area contributed by atoms with Crippen LogP contribution in [0.4, 0.5) is 0 Å². The minimum atomic E-state index is -0.576. The fraction of sp³-hybridized carbons (Fsp3) is 0.333. The Morgan fingerprint density at radius 3 is 2.64 bits per heavy atom. The summed E-state index contributed by atoms with van der Waals surface area (Å²) in [6.07, 6.45) is -0.576. The van der Waals surface area contributed by atoms with Crippen molar-refractivity contribution in [2.45, 2.75) is 6.10 Å². The zero-order valence-corrected chi connectivity index (χ0v) is 9.69. The molecule has 0 aliphatic carbocycles. The van der Waals surface area contributed by atoms with Crippen molar-refractivity contribution >= 4 is 35.8 Å². The van der Waals surface area contributed by atoms with Gasteiger partial charge < -0.3 is 9.84 Å². The van der Waals surface area contributed by atoms with E-state index in [9.17, 15) is 5.11 Å². The molecule has 0 fully saturated rings. The van der Waals surface area contributed by atoms with Crippen molar-refractivity contribution in [3.63, 3.8) is 0 Å². The predicted molar refractivity (Wildman–Crippen MR) is 61.8 cm³/mol. The summed E-state index contributed by atoms with van der Waals surface area (Å²) in [4.78, 5) is 0. The Labute approximate surface area is 98.2 Å². The van der Waals surface area contributed by atoms with Gasteiger partial charge in [-0.1, -0.05) is 23.2 Å². The average molecular weight is 253 g/mol. The molecule has 14 heavy (non-hydrogen) atoms. The van der Waals surface area contributed by atoms with Crippen LogP contribution in [0.15, 0.2) is 18.2 Å². The minimum absolute atomic E-state index is 0.196. The van der Waals surface area contributed by atoms with Gasteiger partial charge in [-0.15, -0.1) is 0 Å². The summed E-state index contributed by atoms with van der Waals surface area (Å²) in [6.45, 7) is 0.196. The number of ether oxygens (including phenoxy) is 1. The summed E-state index contributed by atoms with van der Waals surface area (Å²) >= 11 is 15.4. The van der Waals surface area contributed by atoms with Gasteiger partial charge in [0.2, 0.25) is 0 Å². The molecule has 0 aromatic heterocycles. The molecule has 2 nitrogen and oxygen atoms in total. The maximum atomic E-state index is 9.18. The third kappa shape index (κ3) is 3.58. The second kappa shape index (κ2) is 5.71. The van der Waals surface area contributed by atoms with Crippen molar-refractivity contribution in [1.82, 2.24) is 0 Å². The number of aliphatic hydroxyl groups excluding tert-OH is 1. The van der Waals surface area contributed by atoms with Crippen LogP contribution in [0.25, 0.3) is 0 Å². The highest BCUT2D eigenvalue weighted by Crippen LogP contribution is 2.26. The maximum absolute atomic E-state index is 9.18. The van der Waals surface area contributed by atoms with Gasteiger partial charge in [0, 0.05) is 11.8 Å². The molecule has 0 spiro atoms. The molecule has 1 unspecified atom stereocenters. The van der Waals surface area contributed by atoms with E-state index < -0.39 is 6.10 Å². The average Bonchev–Trinajstić information content (AvgIpc) is 2.19. The van der Waals surface area contributed by atoms with Crippen LogP contribution in [0.5, 0.6) is 5.75 Å². The van der Waals surface area contributed by atoms with E-state index in [1.54, 1.807) is 18.2 Å². The van der Waals surface area contributed by atoms with Crippen molar-refractivity contribution in [2.24, 2.45) is 0 Å². The van der Waals surface area contributed by atoms with Gasteiger partial charge in [0.1, 0.15) is 12.4 Å². The van der Waals surface area contributed by atoms with Crippen molar-refractivity contribution in [3.05, 3.63) is 28.2 Å². The van der Waals surface area contributed by atoms with E-state index >= 15 is 0 Å². The molecule has 0 saturated carbocycles. The molecule has 0 heterocycles. The summed E-state index contributed by atoms with van der Waals surface area (Å²) < 4.78 is 5.25. The van der Waals surface area contributed by atoms with E-state index in [1.165, 1.54) is 0 Å². The van der Waals surface area contributed by atoms with Gasteiger partial charge in [-0.3, -0.25) is 0 Å². The van der Waals surface area contributed by atoms with E-state index in [4.69, 9.17) is 27.9 Å². The lowest BCUT2D eigenvalue weighted by Crippen LogP contribution is -2.18. The molecule has 1 aromatic rings. The van der Waals surface area contributed by atoms with Crippen LogP contribution in [-0.4, -0.2) is 23.6 Å². The molecular weight excluding hydrogens is 243 g/mol. The monoisotopic (exact) mass is 252 g/mol. The summed E-state index contributed by atoms with van der Waals surface area (Å²) in [5.41, 5.74) is 0. The standard InChI is InChI=1S/C9H10Cl2O2S/c10-8-2-1-7(3-9(8)11)13-4-6(12)5-14/h1-3,6,12,14H,4-5H2. The number of aliphatic hydroxyl groups is 1. The highest BCUT2D eigenvalue weighted by Gasteiger charge is 2.04. The molecule has 1 rings (SSSR count). The van der Waals surface area contributed by atoms with Gasteiger partial charge in [-0.05, 0) is 12.1 Å². The van der Waals surface area contributed by atoms with E-state index in [-0.39, 0.29) is 6.61 Å². The highest BCUT2D eigenvalue weighted by atomic mass is 35.5. The number of benzene rings is 1. The first-order chi connectivity index (χ1) is 6.63. The van der Waals surface area contributed by atoms with Gasteiger partial charge in [0.25, 0.3) is 0 Å². The fourth-order valence-corrected chi connectivity index (χ4v) is 1.21. The molecule has 0 aliphatic rings. The number of hydrogen-bond donors (Lipinski definition) is 2. The predicted octanol–water partition coefficient (Wildman–Crippen LogP) is 2.66. The summed E-state index contributed by atoms with van der Waals surface area (Å²) in [5.74, 6) is 0.946. The molecule has 0 aliphatic heterocycles. The van der Waals surface area contributed by atoms with Crippen LogP contribution in [0.2, 0.25) is 10.0 Å². The van der Waals surface area contributed by atoms with Gasteiger partial charge in [0.05, 0.1) is 16.1 Å². The van der Waals surface area contributed by atoms with Crippen molar-refractivity contribution < 1.29 is 9.84 Å². The van der Waals surface area contributed by atoms with Crippen molar-refractivity contribution in [3.8, 4) is 5.75 Å². The van der Waals surface area contributed by atoms with Crippen LogP contribution in [0.3, 0.4) is 0 Å². The highest BCUT2D eigenvalue weighted by molar-refractivity contribution is 7.80. The SMILES string of the molecule is OC(CS)COc1ccc(Cl)c(Cl)c1. The molecule has 0 saturated heterocycles. The number of halogens is 2. The van der Waals surface area contributed by atoms with E-state index in [0.717, 1.165) is 0 Å². The smallest absolute Gasteiger partial charge is 0.121 e. The molecule has 0 radical (unpaired) electrons. The third-order valence-corrected chi connectivity index (χ3v) is 2.70. The lowest BCUT2D eigenvalue weighted by atomic mass is 10.3. The number of hydrogen-bond acceptors (Lipinski definition) is 3. The zero-order valence-electron chi connectivity index (χ0n) is 7.28. The Balaban J connectivity index is 2.55. The Morgan fingerprint density at radius 2 is 2.07 bits per heavy atom. The molecule has 1 atom stereocenters. The lowest BCUT2D eigenvalue weighted by Gasteiger charge is -2.10. The van der Waals surface area contributed by atoms with Crippen LogP contribution in [0.1, 0.15) is 0 Å². The lowest BCUT2D eigenvalue weighted by molar-refractivity contribution is 0.126. The summed E-state index contributed by atoms with van der Waals surface area (Å²) in [5, 5.41) is 10.1. The Bertz CT molecular complexity index is 307. The number of rotatable bonds is 4. The van der Waals surface area contributed by atoms with E-state index in [2.05, 4.69) is 12.6 Å². The van der Waals surface area contributed by atoms with Gasteiger partial charge >= 0.3 is 0 Å².